The lowest BCUT2D eigenvalue weighted by Gasteiger charge is -2.07. The van der Waals surface area contributed by atoms with Gasteiger partial charge >= 0.3 is 5.97 Å². The molecule has 0 spiro atoms. The van der Waals surface area contributed by atoms with E-state index in [9.17, 15) is 9.59 Å². The quantitative estimate of drug-likeness (QED) is 0.873. The molecule has 0 saturated heterocycles. The first-order chi connectivity index (χ1) is 8.04. The van der Waals surface area contributed by atoms with Crippen molar-refractivity contribution >= 4 is 33.5 Å². The molecule has 1 amide bonds. The number of hydrogen-bond acceptors (Lipinski definition) is 3. The van der Waals surface area contributed by atoms with Gasteiger partial charge in [0.05, 0.1) is 5.56 Å². The van der Waals surface area contributed by atoms with Gasteiger partial charge in [-0.1, -0.05) is 0 Å². The molecule has 2 N–H and O–H groups in total. The summed E-state index contributed by atoms with van der Waals surface area (Å²) in [6, 6.07) is 4.57. The number of aromatic carboxylic acids is 1. The molecule has 92 valence electrons. The molecule has 0 fully saturated rings. The average molecular weight is 302 g/mol. The Bertz CT molecular complexity index is 433. The molecule has 0 radical (unpaired) electrons. The Morgan fingerprint density at radius 2 is 2.18 bits per heavy atom. The highest BCUT2D eigenvalue weighted by atomic mass is 79.9. The Hall–Kier alpha value is -1.40. The van der Waals surface area contributed by atoms with Gasteiger partial charge in [-0.2, -0.15) is 0 Å². The summed E-state index contributed by atoms with van der Waals surface area (Å²) in [6.45, 7) is 2.19. The molecule has 1 aromatic carbocycles. The van der Waals surface area contributed by atoms with Gasteiger partial charge in [-0.25, -0.2) is 4.79 Å². The number of ether oxygens (including phenoxy) is 1. The number of carboxylic acids is 1. The number of nitrogens with one attached hydrogen (secondary N) is 1. The van der Waals surface area contributed by atoms with Gasteiger partial charge in [0.2, 0.25) is 5.91 Å². The first kappa shape index (κ1) is 13.7. The molecule has 5 nitrogen and oxygen atoms in total. The predicted molar refractivity (Wildman–Crippen MR) is 66.2 cm³/mol. The van der Waals surface area contributed by atoms with Crippen molar-refractivity contribution in [2.24, 2.45) is 0 Å². The number of anilines is 1. The van der Waals surface area contributed by atoms with Crippen LogP contribution in [0.1, 0.15) is 17.3 Å². The molecular weight excluding hydrogens is 290 g/mol. The van der Waals surface area contributed by atoms with E-state index in [1.54, 1.807) is 19.1 Å². The fraction of sp³-hybridized carbons (Fsp3) is 0.273. The molecule has 1 aromatic rings. The second kappa shape index (κ2) is 6.36. The Labute approximate surface area is 107 Å². The summed E-state index contributed by atoms with van der Waals surface area (Å²) in [7, 11) is 0. The first-order valence-electron chi connectivity index (χ1n) is 4.95. The number of halogens is 1. The summed E-state index contributed by atoms with van der Waals surface area (Å²) in [5.74, 6) is -1.37. The van der Waals surface area contributed by atoms with Gasteiger partial charge < -0.3 is 15.2 Å². The fourth-order valence-electron chi connectivity index (χ4n) is 1.16. The second-order valence-corrected chi connectivity index (χ2v) is 4.04. The van der Waals surface area contributed by atoms with Gasteiger partial charge in [-0.3, -0.25) is 4.79 Å². The van der Waals surface area contributed by atoms with Crippen molar-refractivity contribution in [2.45, 2.75) is 6.92 Å². The van der Waals surface area contributed by atoms with Crippen LogP contribution < -0.4 is 5.32 Å². The Morgan fingerprint density at radius 3 is 2.76 bits per heavy atom. The van der Waals surface area contributed by atoms with Crippen LogP contribution in [0, 0.1) is 0 Å². The monoisotopic (exact) mass is 301 g/mol. The molecule has 0 unspecified atom stereocenters. The van der Waals surface area contributed by atoms with Crippen molar-refractivity contribution in [3.63, 3.8) is 0 Å². The highest BCUT2D eigenvalue weighted by Crippen LogP contribution is 2.21. The number of carboxylic acid groups (broad SMARTS) is 1. The summed E-state index contributed by atoms with van der Waals surface area (Å²) in [6.07, 6.45) is 0. The number of hydrogen-bond donors (Lipinski definition) is 2. The number of carbonyl (C=O) groups is 2. The predicted octanol–water partition coefficient (Wildman–Crippen LogP) is 2.12. The van der Waals surface area contributed by atoms with E-state index in [-0.39, 0.29) is 18.1 Å². The van der Waals surface area contributed by atoms with Crippen molar-refractivity contribution in [3.8, 4) is 0 Å². The van der Waals surface area contributed by atoms with Crippen molar-refractivity contribution in [3.05, 3.63) is 28.2 Å². The lowest BCUT2D eigenvalue weighted by atomic mass is 10.2. The van der Waals surface area contributed by atoms with Gasteiger partial charge in [0.25, 0.3) is 0 Å². The highest BCUT2D eigenvalue weighted by Gasteiger charge is 2.10. The maximum atomic E-state index is 11.3. The molecule has 0 aliphatic rings. The normalized spacial score (nSPS) is 10.0. The summed E-state index contributed by atoms with van der Waals surface area (Å²) in [5.41, 5.74) is 0.523. The van der Waals surface area contributed by atoms with E-state index in [1.165, 1.54) is 6.07 Å². The van der Waals surface area contributed by atoms with Crippen LogP contribution in [0.15, 0.2) is 22.7 Å². The zero-order valence-corrected chi connectivity index (χ0v) is 10.8. The second-order valence-electron chi connectivity index (χ2n) is 3.19. The van der Waals surface area contributed by atoms with Gasteiger partial charge in [-0.05, 0) is 41.1 Å². The van der Waals surface area contributed by atoms with E-state index < -0.39 is 5.97 Å². The third kappa shape index (κ3) is 4.16. The van der Waals surface area contributed by atoms with E-state index in [0.717, 1.165) is 0 Å². The smallest absolute Gasteiger partial charge is 0.336 e. The van der Waals surface area contributed by atoms with Crippen LogP contribution in [0.3, 0.4) is 0 Å². The largest absolute Gasteiger partial charge is 0.478 e. The minimum atomic E-state index is -1.06. The highest BCUT2D eigenvalue weighted by molar-refractivity contribution is 9.10. The van der Waals surface area contributed by atoms with Crippen LogP contribution in [-0.4, -0.2) is 30.2 Å². The zero-order valence-electron chi connectivity index (χ0n) is 9.20. The van der Waals surface area contributed by atoms with E-state index in [4.69, 9.17) is 9.84 Å². The van der Waals surface area contributed by atoms with Crippen LogP contribution >= 0.6 is 15.9 Å². The van der Waals surface area contributed by atoms with Crippen molar-refractivity contribution < 1.29 is 19.4 Å². The fourth-order valence-corrected chi connectivity index (χ4v) is 1.57. The van der Waals surface area contributed by atoms with Gasteiger partial charge in [0.15, 0.2) is 0 Å². The summed E-state index contributed by atoms with van der Waals surface area (Å²) in [5, 5.41) is 11.4. The molecule has 6 heteroatoms. The van der Waals surface area contributed by atoms with E-state index in [2.05, 4.69) is 21.2 Å². The first-order valence-corrected chi connectivity index (χ1v) is 5.74. The van der Waals surface area contributed by atoms with Gasteiger partial charge in [0.1, 0.15) is 6.61 Å². The van der Waals surface area contributed by atoms with Crippen molar-refractivity contribution in [1.29, 1.82) is 0 Å². The van der Waals surface area contributed by atoms with Crippen molar-refractivity contribution in [1.82, 2.24) is 0 Å². The molecule has 0 heterocycles. The molecule has 0 atom stereocenters. The maximum Gasteiger partial charge on any atom is 0.336 e. The summed E-state index contributed by atoms with van der Waals surface area (Å²) < 4.78 is 5.40. The SMILES string of the molecule is CCOCC(=O)Nc1ccc(Br)c(C(=O)O)c1. The van der Waals surface area contributed by atoms with Gasteiger partial charge in [0, 0.05) is 16.8 Å². The Balaban J connectivity index is 2.75. The molecule has 0 saturated carbocycles. The standard InChI is InChI=1S/C11H12BrNO4/c1-2-17-6-10(14)13-7-3-4-9(12)8(5-7)11(15)16/h3-5H,2,6H2,1H3,(H,13,14)(H,15,16). The lowest BCUT2D eigenvalue weighted by Crippen LogP contribution is -2.18. The number of rotatable bonds is 5. The molecule has 0 aromatic heterocycles. The third-order valence-corrected chi connectivity index (χ3v) is 2.61. The third-order valence-electron chi connectivity index (χ3n) is 1.92. The minimum absolute atomic E-state index is 0.0467. The number of benzene rings is 1. The maximum absolute atomic E-state index is 11.3. The molecule has 0 bridgehead atoms. The Morgan fingerprint density at radius 1 is 1.47 bits per heavy atom. The van der Waals surface area contributed by atoms with Crippen molar-refractivity contribution in [2.75, 3.05) is 18.5 Å². The molecule has 0 aliphatic heterocycles. The van der Waals surface area contributed by atoms with Crippen LogP contribution in [0.4, 0.5) is 5.69 Å². The van der Waals surface area contributed by atoms with Crippen LogP contribution in [0.5, 0.6) is 0 Å². The van der Waals surface area contributed by atoms with E-state index in [0.29, 0.717) is 16.8 Å². The molecule has 17 heavy (non-hydrogen) atoms. The molecular formula is C11H12BrNO4. The zero-order chi connectivity index (χ0) is 12.8. The van der Waals surface area contributed by atoms with E-state index in [1.807, 2.05) is 0 Å². The Kier molecular flexibility index (Phi) is 5.11. The lowest BCUT2D eigenvalue weighted by molar-refractivity contribution is -0.120. The topological polar surface area (TPSA) is 75.6 Å². The summed E-state index contributed by atoms with van der Waals surface area (Å²) in [4.78, 5) is 22.2. The van der Waals surface area contributed by atoms with Gasteiger partial charge in [-0.15, -0.1) is 0 Å². The number of carbonyl (C=O) groups excluding carboxylic acids is 1. The number of amides is 1. The molecule has 1 rings (SSSR count). The van der Waals surface area contributed by atoms with Crippen LogP contribution in [-0.2, 0) is 9.53 Å². The van der Waals surface area contributed by atoms with E-state index >= 15 is 0 Å². The molecule has 0 aliphatic carbocycles. The van der Waals surface area contributed by atoms with Crippen LogP contribution in [0.2, 0.25) is 0 Å². The summed E-state index contributed by atoms with van der Waals surface area (Å²) >= 11 is 3.12. The van der Waals surface area contributed by atoms with Crippen LogP contribution in [0.25, 0.3) is 0 Å². The average Bonchev–Trinajstić information content (AvgIpc) is 2.28. The minimum Gasteiger partial charge on any atom is -0.478 e.